The number of allylic oxidation sites excluding steroid dienone is 1. The lowest BCUT2D eigenvalue weighted by atomic mass is 9.59. The molecule has 0 saturated heterocycles. The number of aliphatic hydroxyl groups excluding tert-OH is 1. The lowest BCUT2D eigenvalue weighted by Gasteiger charge is -2.45. The van der Waals surface area contributed by atoms with E-state index in [0.717, 1.165) is 16.7 Å². The Morgan fingerprint density at radius 2 is 1.78 bits per heavy atom. The summed E-state index contributed by atoms with van der Waals surface area (Å²) >= 11 is 0. The van der Waals surface area contributed by atoms with E-state index in [1.165, 1.54) is 19.1 Å². The predicted molar refractivity (Wildman–Crippen MR) is 133 cm³/mol. The molecular formula is C28H26N2O7. The number of phenols is 1. The molecule has 0 radical (unpaired) electrons. The van der Waals surface area contributed by atoms with Crippen molar-refractivity contribution < 1.29 is 34.5 Å². The molecule has 9 heteroatoms. The zero-order valence-electron chi connectivity index (χ0n) is 20.1. The number of benzene rings is 2. The molecule has 0 spiro atoms. The van der Waals surface area contributed by atoms with E-state index >= 15 is 0 Å². The molecule has 3 aliphatic carbocycles. The number of nitrogens with two attached hydrogens (primary N) is 1. The van der Waals surface area contributed by atoms with Crippen LogP contribution in [0.15, 0.2) is 53.6 Å². The molecule has 3 unspecified atom stereocenters. The summed E-state index contributed by atoms with van der Waals surface area (Å²) in [5, 5.41) is 35.9. The van der Waals surface area contributed by atoms with Crippen molar-refractivity contribution in [3.05, 3.63) is 70.3 Å². The Bertz CT molecular complexity index is 1440. The lowest BCUT2D eigenvalue weighted by Crippen LogP contribution is -2.60. The van der Waals surface area contributed by atoms with Crippen LogP contribution in [-0.4, -0.2) is 44.3 Å². The summed E-state index contributed by atoms with van der Waals surface area (Å²) in [5.74, 6) is -5.15. The lowest BCUT2D eigenvalue weighted by molar-refractivity contribution is -0.157. The maximum absolute atomic E-state index is 13.5. The molecule has 37 heavy (non-hydrogen) atoms. The van der Waals surface area contributed by atoms with Crippen molar-refractivity contribution in [2.24, 2.45) is 17.6 Å². The van der Waals surface area contributed by atoms with E-state index in [1.807, 2.05) is 24.3 Å². The number of aromatic hydroxyl groups is 1. The van der Waals surface area contributed by atoms with Gasteiger partial charge in [-0.25, -0.2) is 0 Å². The van der Waals surface area contributed by atoms with Gasteiger partial charge in [-0.1, -0.05) is 36.4 Å². The van der Waals surface area contributed by atoms with Crippen molar-refractivity contribution in [2.45, 2.75) is 38.3 Å². The molecule has 2 aromatic carbocycles. The third kappa shape index (κ3) is 3.74. The molecule has 0 aliphatic heterocycles. The number of primary amides is 1. The van der Waals surface area contributed by atoms with Gasteiger partial charge in [0.15, 0.2) is 5.60 Å². The highest BCUT2D eigenvalue weighted by molar-refractivity contribution is 6.32. The number of ketones is 2. The van der Waals surface area contributed by atoms with Crippen LogP contribution >= 0.6 is 0 Å². The van der Waals surface area contributed by atoms with Gasteiger partial charge in [0.2, 0.25) is 17.5 Å². The van der Waals surface area contributed by atoms with Crippen LogP contribution < -0.4 is 11.1 Å². The van der Waals surface area contributed by atoms with E-state index in [4.69, 9.17) is 5.73 Å². The fraction of sp³-hybridized carbons (Fsp3) is 0.286. The van der Waals surface area contributed by atoms with Crippen molar-refractivity contribution in [1.29, 1.82) is 0 Å². The van der Waals surface area contributed by atoms with Gasteiger partial charge < -0.3 is 26.4 Å². The average molecular weight is 503 g/mol. The number of hydrogen-bond acceptors (Lipinski definition) is 7. The van der Waals surface area contributed by atoms with E-state index < -0.39 is 46.2 Å². The molecular weight excluding hydrogens is 476 g/mol. The Hall–Kier alpha value is -4.24. The van der Waals surface area contributed by atoms with Gasteiger partial charge in [0.1, 0.15) is 11.5 Å². The summed E-state index contributed by atoms with van der Waals surface area (Å²) in [6.07, 6.45) is 2.00. The minimum absolute atomic E-state index is 0.0791. The molecule has 0 aromatic heterocycles. The highest BCUT2D eigenvalue weighted by Gasteiger charge is 2.60. The first-order valence-electron chi connectivity index (χ1n) is 12.0. The van der Waals surface area contributed by atoms with Gasteiger partial charge in [-0.05, 0) is 53.5 Å². The second kappa shape index (κ2) is 8.70. The maximum Gasteiger partial charge on any atom is 0.252 e. The molecule has 9 nitrogen and oxygen atoms in total. The van der Waals surface area contributed by atoms with E-state index in [9.17, 15) is 34.5 Å². The molecule has 6 N–H and O–H groups in total. The SMILES string of the molecule is CC(=O)NCc1ccc(-c2ccc(O)c3c2CC2CC4CC=C(C(N)=O)C(=O)C4(O)C(=O)C2=C3O)cc1. The van der Waals surface area contributed by atoms with Crippen molar-refractivity contribution in [3.63, 3.8) is 0 Å². The zero-order valence-corrected chi connectivity index (χ0v) is 20.1. The Morgan fingerprint density at radius 1 is 1.08 bits per heavy atom. The molecule has 1 saturated carbocycles. The first-order chi connectivity index (χ1) is 17.5. The van der Waals surface area contributed by atoms with Gasteiger partial charge in [-0.15, -0.1) is 0 Å². The third-order valence-corrected chi connectivity index (χ3v) is 7.66. The number of carbonyl (C=O) groups is 4. The van der Waals surface area contributed by atoms with Gasteiger partial charge >= 0.3 is 0 Å². The summed E-state index contributed by atoms with van der Waals surface area (Å²) in [4.78, 5) is 49.4. The number of carbonyl (C=O) groups excluding carboxylic acids is 4. The summed E-state index contributed by atoms with van der Waals surface area (Å²) in [6.45, 7) is 1.83. The molecule has 190 valence electrons. The molecule has 3 aliphatic rings. The number of aliphatic hydroxyl groups is 2. The fourth-order valence-corrected chi connectivity index (χ4v) is 5.81. The normalized spacial score (nSPS) is 24.5. The van der Waals surface area contributed by atoms with E-state index in [2.05, 4.69) is 5.32 Å². The van der Waals surface area contributed by atoms with Crippen LogP contribution in [0.25, 0.3) is 16.9 Å². The van der Waals surface area contributed by atoms with E-state index in [0.29, 0.717) is 18.5 Å². The fourth-order valence-electron chi connectivity index (χ4n) is 5.81. The monoisotopic (exact) mass is 502 g/mol. The minimum atomic E-state index is -2.49. The molecule has 3 atom stereocenters. The zero-order chi connectivity index (χ0) is 26.6. The Balaban J connectivity index is 1.57. The van der Waals surface area contributed by atoms with E-state index in [-0.39, 0.29) is 35.6 Å². The van der Waals surface area contributed by atoms with Crippen LogP contribution in [0.1, 0.15) is 36.5 Å². The third-order valence-electron chi connectivity index (χ3n) is 7.66. The standard InChI is InChI=1S/C28H26N2O7/c1-13(31)30-12-14-2-4-15(5-3-14)18-8-9-21(32)23-20(18)11-16-10-17-6-7-19(27(29)36)25(34)28(17,37)26(35)22(16)24(23)33/h2-5,7-9,16-17,32-33,37H,6,10-12H2,1H3,(H2,29,36)(H,30,31). The largest absolute Gasteiger partial charge is 0.507 e. The average Bonchev–Trinajstić information content (AvgIpc) is 2.85. The Morgan fingerprint density at radius 3 is 2.43 bits per heavy atom. The smallest absolute Gasteiger partial charge is 0.252 e. The number of nitrogens with one attached hydrogen (secondary N) is 1. The molecule has 0 bridgehead atoms. The first kappa shape index (κ1) is 24.5. The number of amides is 2. The highest BCUT2D eigenvalue weighted by Crippen LogP contribution is 2.51. The molecule has 2 amide bonds. The summed E-state index contributed by atoms with van der Waals surface area (Å²) < 4.78 is 0. The Kier molecular flexibility index (Phi) is 5.75. The molecule has 5 rings (SSSR count). The van der Waals surface area contributed by atoms with Crippen molar-refractivity contribution in [3.8, 4) is 16.9 Å². The van der Waals surface area contributed by atoms with Crippen LogP contribution in [0.3, 0.4) is 0 Å². The first-order valence-corrected chi connectivity index (χ1v) is 12.0. The van der Waals surface area contributed by atoms with Crippen molar-refractivity contribution in [1.82, 2.24) is 5.32 Å². The van der Waals surface area contributed by atoms with Crippen LogP contribution in [-0.2, 0) is 32.1 Å². The second-order valence-corrected chi connectivity index (χ2v) is 9.83. The number of rotatable bonds is 4. The molecule has 2 aromatic rings. The second-order valence-electron chi connectivity index (χ2n) is 9.83. The Labute approximate surface area is 212 Å². The van der Waals surface area contributed by atoms with Crippen LogP contribution in [0, 0.1) is 11.8 Å². The van der Waals surface area contributed by atoms with Gasteiger partial charge in [0.25, 0.3) is 5.91 Å². The molecule has 0 heterocycles. The summed E-state index contributed by atoms with van der Waals surface area (Å²) in [5.41, 5.74) is 5.44. The van der Waals surface area contributed by atoms with Crippen molar-refractivity contribution >= 4 is 29.1 Å². The summed E-state index contributed by atoms with van der Waals surface area (Å²) in [7, 11) is 0. The van der Waals surface area contributed by atoms with Gasteiger partial charge in [0, 0.05) is 25.0 Å². The van der Waals surface area contributed by atoms with Crippen LogP contribution in [0.4, 0.5) is 0 Å². The quantitative estimate of drug-likeness (QED) is 0.314. The predicted octanol–water partition coefficient (Wildman–Crippen LogP) is 1.84. The topological polar surface area (TPSA) is 167 Å². The van der Waals surface area contributed by atoms with E-state index in [1.54, 1.807) is 6.07 Å². The van der Waals surface area contributed by atoms with Crippen LogP contribution in [0.2, 0.25) is 0 Å². The van der Waals surface area contributed by atoms with Crippen LogP contribution in [0.5, 0.6) is 5.75 Å². The number of fused-ring (bicyclic) bond motifs is 3. The maximum atomic E-state index is 13.5. The number of phenolic OH excluding ortho intramolecular Hbond substituents is 1. The highest BCUT2D eigenvalue weighted by atomic mass is 16.3. The van der Waals surface area contributed by atoms with Gasteiger partial charge in [-0.3, -0.25) is 19.2 Å². The number of hydrogen-bond donors (Lipinski definition) is 5. The molecule has 1 fully saturated rings. The van der Waals surface area contributed by atoms with Gasteiger partial charge in [-0.2, -0.15) is 0 Å². The minimum Gasteiger partial charge on any atom is -0.507 e. The number of Topliss-reactive ketones (excluding diaryl/α,β-unsaturated/α-hetero) is 2. The van der Waals surface area contributed by atoms with Crippen molar-refractivity contribution in [2.75, 3.05) is 0 Å². The summed E-state index contributed by atoms with van der Waals surface area (Å²) in [6, 6.07) is 10.6. The van der Waals surface area contributed by atoms with Gasteiger partial charge in [0.05, 0.1) is 11.1 Å².